The highest BCUT2D eigenvalue weighted by molar-refractivity contribution is 5.29. The normalized spacial score (nSPS) is 14.4. The summed E-state index contributed by atoms with van der Waals surface area (Å²) >= 11 is 0. The molecule has 0 aliphatic heterocycles. The van der Waals surface area contributed by atoms with Gasteiger partial charge in [-0.3, -0.25) is 0 Å². The maximum atomic E-state index is 5.20. The van der Waals surface area contributed by atoms with Gasteiger partial charge in [-0.05, 0) is 45.1 Å². The van der Waals surface area contributed by atoms with Crippen LogP contribution in [-0.4, -0.2) is 38.7 Å². The van der Waals surface area contributed by atoms with Crippen molar-refractivity contribution in [3.05, 3.63) is 29.8 Å². The van der Waals surface area contributed by atoms with Gasteiger partial charge in [-0.1, -0.05) is 25.5 Å². The Balaban J connectivity index is 2.66. The average Bonchev–Trinajstić information content (AvgIpc) is 2.45. The van der Waals surface area contributed by atoms with Gasteiger partial charge in [0, 0.05) is 18.6 Å². The van der Waals surface area contributed by atoms with Gasteiger partial charge in [0.25, 0.3) is 0 Å². The first kappa shape index (κ1) is 16.0. The van der Waals surface area contributed by atoms with Crippen LogP contribution in [0, 0.1) is 0 Å². The number of ether oxygens (including phenoxy) is 1. The van der Waals surface area contributed by atoms with Gasteiger partial charge >= 0.3 is 0 Å². The lowest BCUT2D eigenvalue weighted by Gasteiger charge is -2.29. The Bertz CT molecular complexity index is 350. The van der Waals surface area contributed by atoms with Crippen LogP contribution in [0.5, 0.6) is 5.75 Å². The topological polar surface area (TPSA) is 24.5 Å². The van der Waals surface area contributed by atoms with E-state index in [1.54, 1.807) is 7.11 Å². The Kier molecular flexibility index (Phi) is 6.89. The van der Waals surface area contributed by atoms with Gasteiger partial charge in [0.2, 0.25) is 0 Å². The molecule has 0 saturated heterocycles. The molecular weight excluding hydrogens is 236 g/mol. The molecule has 0 saturated carbocycles. The molecule has 1 aromatic rings. The summed E-state index contributed by atoms with van der Waals surface area (Å²) < 4.78 is 5.20. The molecule has 0 bridgehead atoms. The molecule has 108 valence electrons. The number of methoxy groups -OCH3 is 1. The fourth-order valence-corrected chi connectivity index (χ4v) is 2.31. The van der Waals surface area contributed by atoms with E-state index in [-0.39, 0.29) is 0 Å². The molecule has 2 atom stereocenters. The Hall–Kier alpha value is -1.06. The zero-order valence-corrected chi connectivity index (χ0v) is 12.9. The minimum absolute atomic E-state index is 0.357. The predicted molar refractivity (Wildman–Crippen MR) is 81.8 cm³/mol. The van der Waals surface area contributed by atoms with E-state index in [0.717, 1.165) is 12.3 Å². The zero-order chi connectivity index (χ0) is 14.3. The number of hydrogen-bond acceptors (Lipinski definition) is 3. The van der Waals surface area contributed by atoms with Gasteiger partial charge in [0.1, 0.15) is 5.75 Å². The van der Waals surface area contributed by atoms with Crippen LogP contribution < -0.4 is 10.1 Å². The van der Waals surface area contributed by atoms with Crippen molar-refractivity contribution in [1.82, 2.24) is 10.2 Å². The first-order valence-corrected chi connectivity index (χ1v) is 7.13. The van der Waals surface area contributed by atoms with Crippen LogP contribution in [0.3, 0.4) is 0 Å². The van der Waals surface area contributed by atoms with E-state index < -0.39 is 0 Å². The number of hydrogen-bond donors (Lipinski definition) is 1. The fraction of sp³-hybridized carbons (Fsp3) is 0.625. The lowest BCUT2D eigenvalue weighted by molar-refractivity contribution is 0.222. The molecular formula is C16H28N2O. The third kappa shape index (κ3) is 4.84. The summed E-state index contributed by atoms with van der Waals surface area (Å²) in [5.74, 6) is 0.909. The van der Waals surface area contributed by atoms with Gasteiger partial charge in [-0.2, -0.15) is 0 Å². The van der Waals surface area contributed by atoms with Crippen molar-refractivity contribution in [2.45, 2.75) is 38.8 Å². The highest BCUT2D eigenvalue weighted by Crippen LogP contribution is 2.19. The molecule has 0 aliphatic rings. The number of nitrogens with zero attached hydrogens (tertiary/aromatic N) is 1. The second kappa shape index (κ2) is 8.18. The largest absolute Gasteiger partial charge is 0.497 e. The maximum absolute atomic E-state index is 5.20. The fourth-order valence-electron chi connectivity index (χ4n) is 2.31. The summed E-state index contributed by atoms with van der Waals surface area (Å²) in [4.78, 5) is 2.43. The van der Waals surface area contributed by atoms with E-state index in [2.05, 4.69) is 43.2 Å². The minimum Gasteiger partial charge on any atom is -0.497 e. The molecule has 3 nitrogen and oxygen atoms in total. The van der Waals surface area contributed by atoms with Crippen LogP contribution >= 0.6 is 0 Å². The quantitative estimate of drug-likeness (QED) is 0.781. The van der Waals surface area contributed by atoms with Crippen molar-refractivity contribution in [3.8, 4) is 5.75 Å². The molecule has 0 amide bonds. The molecule has 0 radical (unpaired) electrons. The van der Waals surface area contributed by atoms with Crippen molar-refractivity contribution in [2.75, 3.05) is 27.7 Å². The molecule has 0 aromatic heterocycles. The van der Waals surface area contributed by atoms with Gasteiger partial charge in [-0.25, -0.2) is 0 Å². The Labute approximate surface area is 118 Å². The van der Waals surface area contributed by atoms with Gasteiger partial charge in [0.05, 0.1) is 7.11 Å². The van der Waals surface area contributed by atoms with Crippen LogP contribution in [-0.2, 0) is 0 Å². The molecule has 0 aliphatic carbocycles. The summed E-state index contributed by atoms with van der Waals surface area (Å²) in [6.07, 6.45) is 2.48. The number of rotatable bonds is 8. The Morgan fingerprint density at radius 1 is 1.26 bits per heavy atom. The van der Waals surface area contributed by atoms with Crippen molar-refractivity contribution in [1.29, 1.82) is 0 Å². The molecule has 0 spiro atoms. The van der Waals surface area contributed by atoms with E-state index in [1.807, 2.05) is 19.2 Å². The Morgan fingerprint density at radius 2 is 1.89 bits per heavy atom. The van der Waals surface area contributed by atoms with Gasteiger partial charge in [-0.15, -0.1) is 0 Å². The van der Waals surface area contributed by atoms with E-state index in [1.165, 1.54) is 18.4 Å². The minimum atomic E-state index is 0.357. The van der Waals surface area contributed by atoms with E-state index >= 15 is 0 Å². The molecule has 0 heterocycles. The van der Waals surface area contributed by atoms with E-state index in [0.29, 0.717) is 12.1 Å². The molecule has 1 N–H and O–H groups in total. The second-order valence-electron chi connectivity index (χ2n) is 5.19. The number of nitrogens with one attached hydrogen (secondary N) is 1. The summed E-state index contributed by atoms with van der Waals surface area (Å²) in [5.41, 5.74) is 1.30. The molecule has 3 heteroatoms. The average molecular weight is 264 g/mol. The maximum Gasteiger partial charge on any atom is 0.118 e. The lowest BCUT2D eigenvalue weighted by Crippen LogP contribution is -2.36. The molecule has 0 fully saturated rings. The SMILES string of the molecule is CCCC(C)N(C)CC(NC)c1ccc(OC)cc1. The summed E-state index contributed by atoms with van der Waals surface area (Å²) in [6.45, 7) is 5.55. The van der Waals surface area contributed by atoms with Gasteiger partial charge in [0.15, 0.2) is 0 Å². The molecule has 1 rings (SSSR count). The third-order valence-corrected chi connectivity index (χ3v) is 3.80. The number of likely N-dealkylation sites (N-methyl/N-ethyl adjacent to an activating group) is 2. The summed E-state index contributed by atoms with van der Waals surface area (Å²) in [6, 6.07) is 9.30. The molecule has 19 heavy (non-hydrogen) atoms. The standard InChI is InChI=1S/C16H28N2O/c1-6-7-13(2)18(4)12-16(17-3)14-8-10-15(19-5)11-9-14/h8-11,13,16-17H,6-7,12H2,1-5H3. The predicted octanol–water partition coefficient (Wildman–Crippen LogP) is 3.08. The van der Waals surface area contributed by atoms with Crippen molar-refractivity contribution in [2.24, 2.45) is 0 Å². The molecule has 1 aromatic carbocycles. The first-order valence-electron chi connectivity index (χ1n) is 7.13. The lowest BCUT2D eigenvalue weighted by atomic mass is 10.1. The van der Waals surface area contributed by atoms with Crippen molar-refractivity contribution in [3.63, 3.8) is 0 Å². The smallest absolute Gasteiger partial charge is 0.118 e. The van der Waals surface area contributed by atoms with E-state index in [4.69, 9.17) is 4.74 Å². The van der Waals surface area contributed by atoms with Crippen LogP contribution in [0.25, 0.3) is 0 Å². The van der Waals surface area contributed by atoms with Crippen LogP contribution in [0.15, 0.2) is 24.3 Å². The zero-order valence-electron chi connectivity index (χ0n) is 12.9. The summed E-state index contributed by atoms with van der Waals surface area (Å²) in [5, 5.41) is 3.40. The number of benzene rings is 1. The monoisotopic (exact) mass is 264 g/mol. The van der Waals surface area contributed by atoms with E-state index in [9.17, 15) is 0 Å². The third-order valence-electron chi connectivity index (χ3n) is 3.80. The summed E-state index contributed by atoms with van der Waals surface area (Å²) in [7, 11) is 5.92. The van der Waals surface area contributed by atoms with Gasteiger partial charge < -0.3 is 15.0 Å². The highest BCUT2D eigenvalue weighted by Gasteiger charge is 2.15. The Morgan fingerprint density at radius 3 is 2.37 bits per heavy atom. The van der Waals surface area contributed by atoms with Crippen LogP contribution in [0.2, 0.25) is 0 Å². The van der Waals surface area contributed by atoms with Crippen molar-refractivity contribution < 1.29 is 4.74 Å². The van der Waals surface area contributed by atoms with Crippen molar-refractivity contribution >= 4 is 0 Å². The highest BCUT2D eigenvalue weighted by atomic mass is 16.5. The molecule has 2 unspecified atom stereocenters. The van der Waals surface area contributed by atoms with Crippen LogP contribution in [0.1, 0.15) is 38.3 Å². The second-order valence-corrected chi connectivity index (χ2v) is 5.19. The van der Waals surface area contributed by atoms with Crippen LogP contribution in [0.4, 0.5) is 0 Å². The first-order chi connectivity index (χ1) is 9.12.